The number of aryl methyl sites for hydroxylation is 1. The molecular formula is C19H20N4O2. The Morgan fingerprint density at radius 3 is 2.84 bits per heavy atom. The van der Waals surface area contributed by atoms with Gasteiger partial charge in [0, 0.05) is 62.6 Å². The van der Waals surface area contributed by atoms with Crippen molar-refractivity contribution >= 4 is 16.7 Å². The second-order valence-corrected chi connectivity index (χ2v) is 6.61. The van der Waals surface area contributed by atoms with Crippen LogP contribution in [-0.2, 0) is 7.05 Å². The van der Waals surface area contributed by atoms with Crippen LogP contribution in [-0.4, -0.2) is 50.4 Å². The van der Waals surface area contributed by atoms with Gasteiger partial charge in [-0.05, 0) is 10.9 Å². The molecule has 0 saturated carbocycles. The van der Waals surface area contributed by atoms with E-state index in [-0.39, 0.29) is 24.3 Å². The minimum atomic E-state index is -0.0332. The van der Waals surface area contributed by atoms with E-state index in [1.807, 2.05) is 48.6 Å². The summed E-state index contributed by atoms with van der Waals surface area (Å²) in [6.07, 6.45) is 7.18. The fourth-order valence-electron chi connectivity index (χ4n) is 3.69. The van der Waals surface area contributed by atoms with Crippen LogP contribution < -0.4 is 0 Å². The van der Waals surface area contributed by atoms with Crippen molar-refractivity contribution in [3.8, 4) is 0 Å². The third kappa shape index (κ3) is 2.78. The molecule has 0 aliphatic carbocycles. The number of hydrogen-bond donors (Lipinski definition) is 1. The molecule has 2 aromatic heterocycles. The minimum Gasteiger partial charge on any atom is -0.396 e. The van der Waals surface area contributed by atoms with Crippen LogP contribution in [0.25, 0.3) is 10.8 Å². The van der Waals surface area contributed by atoms with E-state index in [1.54, 1.807) is 17.1 Å². The number of aromatic nitrogens is 3. The molecule has 1 aliphatic rings. The number of rotatable bonds is 3. The zero-order valence-electron chi connectivity index (χ0n) is 14.0. The summed E-state index contributed by atoms with van der Waals surface area (Å²) in [5, 5.41) is 15.9. The zero-order chi connectivity index (χ0) is 17.4. The van der Waals surface area contributed by atoms with Crippen molar-refractivity contribution in [2.75, 3.05) is 19.7 Å². The van der Waals surface area contributed by atoms with Gasteiger partial charge in [-0.3, -0.25) is 14.5 Å². The Balaban J connectivity index is 1.64. The van der Waals surface area contributed by atoms with Gasteiger partial charge in [0.05, 0.1) is 11.8 Å². The summed E-state index contributed by atoms with van der Waals surface area (Å²) in [7, 11) is 1.87. The minimum absolute atomic E-state index is 0.0242. The number of nitrogens with zero attached hydrogens (tertiary/aromatic N) is 4. The molecule has 3 aromatic rings. The number of benzene rings is 1. The van der Waals surface area contributed by atoms with Gasteiger partial charge in [-0.25, -0.2) is 0 Å². The summed E-state index contributed by atoms with van der Waals surface area (Å²) in [5.41, 5.74) is 1.68. The summed E-state index contributed by atoms with van der Waals surface area (Å²) in [6, 6.07) is 7.77. The summed E-state index contributed by atoms with van der Waals surface area (Å²) < 4.78 is 1.75. The highest BCUT2D eigenvalue weighted by Crippen LogP contribution is 2.33. The monoisotopic (exact) mass is 336 g/mol. The predicted octanol–water partition coefficient (Wildman–Crippen LogP) is 1.82. The van der Waals surface area contributed by atoms with E-state index in [9.17, 15) is 9.90 Å². The molecule has 128 valence electrons. The average Bonchev–Trinajstić information content (AvgIpc) is 3.26. The number of aliphatic hydroxyl groups is 1. The largest absolute Gasteiger partial charge is 0.396 e. The molecule has 0 radical (unpaired) electrons. The Hall–Kier alpha value is -2.73. The van der Waals surface area contributed by atoms with E-state index < -0.39 is 0 Å². The van der Waals surface area contributed by atoms with Gasteiger partial charge in [0.25, 0.3) is 5.91 Å². The number of carbonyl (C=O) groups is 1. The third-order valence-electron chi connectivity index (χ3n) is 5.01. The van der Waals surface area contributed by atoms with Crippen molar-refractivity contribution < 1.29 is 9.90 Å². The van der Waals surface area contributed by atoms with Crippen LogP contribution >= 0.6 is 0 Å². The lowest BCUT2D eigenvalue weighted by Gasteiger charge is -2.17. The van der Waals surface area contributed by atoms with E-state index in [0.717, 1.165) is 16.3 Å². The molecule has 1 aliphatic heterocycles. The third-order valence-corrected chi connectivity index (χ3v) is 5.01. The first-order valence-corrected chi connectivity index (χ1v) is 8.39. The topological polar surface area (TPSA) is 71.2 Å². The number of carbonyl (C=O) groups excluding carboxylic acids is 1. The molecule has 25 heavy (non-hydrogen) atoms. The lowest BCUT2D eigenvalue weighted by Crippen LogP contribution is -2.29. The fraction of sp³-hybridized carbons (Fsp3) is 0.316. The van der Waals surface area contributed by atoms with Crippen molar-refractivity contribution in [1.29, 1.82) is 0 Å². The number of likely N-dealkylation sites (tertiary alicyclic amines) is 1. The Kier molecular flexibility index (Phi) is 3.97. The summed E-state index contributed by atoms with van der Waals surface area (Å²) in [6.45, 7) is 1.17. The molecule has 0 spiro atoms. The molecule has 2 atom stereocenters. The average molecular weight is 336 g/mol. The molecule has 0 unspecified atom stereocenters. The van der Waals surface area contributed by atoms with Gasteiger partial charge >= 0.3 is 0 Å². The van der Waals surface area contributed by atoms with E-state index in [0.29, 0.717) is 18.7 Å². The van der Waals surface area contributed by atoms with E-state index in [1.165, 1.54) is 0 Å². The summed E-state index contributed by atoms with van der Waals surface area (Å²) >= 11 is 0. The predicted molar refractivity (Wildman–Crippen MR) is 94.2 cm³/mol. The molecular weight excluding hydrogens is 316 g/mol. The van der Waals surface area contributed by atoms with Crippen molar-refractivity contribution in [3.05, 3.63) is 60.2 Å². The van der Waals surface area contributed by atoms with Crippen LogP contribution in [0.2, 0.25) is 0 Å². The van der Waals surface area contributed by atoms with E-state index in [2.05, 4.69) is 10.1 Å². The molecule has 3 heterocycles. The highest BCUT2D eigenvalue weighted by atomic mass is 16.3. The Morgan fingerprint density at radius 2 is 2.08 bits per heavy atom. The second kappa shape index (κ2) is 6.29. The van der Waals surface area contributed by atoms with Crippen LogP contribution in [0.3, 0.4) is 0 Å². The summed E-state index contributed by atoms with van der Waals surface area (Å²) in [4.78, 5) is 19.1. The molecule has 1 amide bonds. The van der Waals surface area contributed by atoms with Gasteiger partial charge < -0.3 is 10.0 Å². The van der Waals surface area contributed by atoms with Crippen LogP contribution in [0, 0.1) is 5.92 Å². The molecule has 6 heteroatoms. The summed E-state index contributed by atoms with van der Waals surface area (Å²) in [5.74, 6) is 0.0933. The van der Waals surface area contributed by atoms with Crippen molar-refractivity contribution in [2.24, 2.45) is 13.0 Å². The molecule has 6 nitrogen and oxygen atoms in total. The van der Waals surface area contributed by atoms with Gasteiger partial charge in [-0.2, -0.15) is 5.10 Å². The number of pyridine rings is 1. The maximum absolute atomic E-state index is 13.1. The van der Waals surface area contributed by atoms with Gasteiger partial charge in [-0.1, -0.05) is 24.3 Å². The van der Waals surface area contributed by atoms with Gasteiger partial charge in [-0.15, -0.1) is 0 Å². The maximum Gasteiger partial charge on any atom is 0.256 e. The Bertz CT molecular complexity index is 915. The maximum atomic E-state index is 13.1. The normalized spacial score (nSPS) is 20.3. The van der Waals surface area contributed by atoms with Crippen molar-refractivity contribution in [1.82, 2.24) is 19.7 Å². The first-order chi connectivity index (χ1) is 12.2. The molecule has 4 rings (SSSR count). The fourth-order valence-corrected chi connectivity index (χ4v) is 3.69. The molecule has 1 N–H and O–H groups in total. The van der Waals surface area contributed by atoms with Crippen LogP contribution in [0.1, 0.15) is 21.8 Å². The standard InChI is InChI=1S/C19H20N4O2/c1-22-9-14(7-21-22)18-11-23(10-15(18)12-24)19(25)17-8-20-6-13-4-2-3-5-16(13)17/h2-9,15,18,24H,10-12H2,1H3/t15-,18-/m0/s1. The van der Waals surface area contributed by atoms with Crippen molar-refractivity contribution in [3.63, 3.8) is 0 Å². The first-order valence-electron chi connectivity index (χ1n) is 8.39. The van der Waals surface area contributed by atoms with Gasteiger partial charge in [0.15, 0.2) is 0 Å². The Morgan fingerprint density at radius 1 is 1.24 bits per heavy atom. The SMILES string of the molecule is Cn1cc([C@@H]2CN(C(=O)c3cncc4ccccc34)C[C@H]2CO)cn1. The van der Waals surface area contributed by atoms with Crippen LogP contribution in [0.4, 0.5) is 0 Å². The Labute approximate surface area is 145 Å². The number of fused-ring (bicyclic) bond motifs is 1. The molecule has 1 aromatic carbocycles. The quantitative estimate of drug-likeness (QED) is 0.792. The van der Waals surface area contributed by atoms with Crippen molar-refractivity contribution in [2.45, 2.75) is 5.92 Å². The second-order valence-electron chi connectivity index (χ2n) is 6.61. The smallest absolute Gasteiger partial charge is 0.256 e. The lowest BCUT2D eigenvalue weighted by molar-refractivity contribution is 0.0783. The van der Waals surface area contributed by atoms with E-state index in [4.69, 9.17) is 0 Å². The number of aliphatic hydroxyl groups excluding tert-OH is 1. The molecule has 1 fully saturated rings. The number of hydrogen-bond acceptors (Lipinski definition) is 4. The number of amides is 1. The first kappa shape index (κ1) is 15.8. The molecule has 1 saturated heterocycles. The highest BCUT2D eigenvalue weighted by molar-refractivity contribution is 6.06. The zero-order valence-corrected chi connectivity index (χ0v) is 14.0. The van der Waals surface area contributed by atoms with Gasteiger partial charge in [0.1, 0.15) is 0 Å². The van der Waals surface area contributed by atoms with Crippen LogP contribution in [0.5, 0.6) is 0 Å². The lowest BCUT2D eigenvalue weighted by atomic mass is 9.92. The highest BCUT2D eigenvalue weighted by Gasteiger charge is 2.37. The van der Waals surface area contributed by atoms with Crippen LogP contribution in [0.15, 0.2) is 49.1 Å². The van der Waals surface area contributed by atoms with E-state index >= 15 is 0 Å². The molecule has 0 bridgehead atoms. The van der Waals surface area contributed by atoms with Gasteiger partial charge in [0.2, 0.25) is 0 Å².